The third-order valence-electron chi connectivity index (χ3n) is 4.59. The van der Waals surface area contributed by atoms with Gasteiger partial charge in [-0.1, -0.05) is 28.9 Å². The maximum absolute atomic E-state index is 13.2. The lowest BCUT2D eigenvalue weighted by molar-refractivity contribution is -0.113. The number of anilines is 2. The number of tetrazole rings is 1. The van der Waals surface area contributed by atoms with Crippen LogP contribution in [0.2, 0.25) is 0 Å². The summed E-state index contributed by atoms with van der Waals surface area (Å²) < 4.78 is 1.60. The number of aromatic nitrogens is 5. The second kappa shape index (κ2) is 6.64. The second-order valence-electron chi connectivity index (χ2n) is 6.57. The summed E-state index contributed by atoms with van der Waals surface area (Å²) in [6, 6.07) is 9.20. The standard InChI is InChI=1S/C19H19N7O/c1-11-6-7-15(12(2)9-11)22-18(27)16-13(3)21-19-23-24-25-26(19)17(16)14-5-4-8-20-10-14/h4-10,17H,1-3H3,(H,22,27)(H,21,23,25)/t17-/m0/s1. The van der Waals surface area contributed by atoms with Crippen LogP contribution >= 0.6 is 0 Å². The van der Waals surface area contributed by atoms with Crippen molar-refractivity contribution < 1.29 is 4.79 Å². The predicted octanol–water partition coefficient (Wildman–Crippen LogP) is 2.61. The molecule has 1 aliphatic heterocycles. The highest BCUT2D eigenvalue weighted by Gasteiger charge is 2.34. The average molecular weight is 361 g/mol. The number of allylic oxidation sites excluding steroid dienone is 1. The molecule has 27 heavy (non-hydrogen) atoms. The molecule has 0 bridgehead atoms. The molecule has 1 atom stereocenters. The van der Waals surface area contributed by atoms with E-state index in [1.807, 2.05) is 51.1 Å². The molecule has 1 aromatic carbocycles. The quantitative estimate of drug-likeness (QED) is 0.744. The normalized spacial score (nSPS) is 15.9. The topological polar surface area (TPSA) is 97.6 Å². The lowest BCUT2D eigenvalue weighted by atomic mass is 9.96. The zero-order valence-corrected chi connectivity index (χ0v) is 15.3. The van der Waals surface area contributed by atoms with Crippen LogP contribution in [0.4, 0.5) is 11.6 Å². The van der Waals surface area contributed by atoms with Crippen LogP contribution in [0, 0.1) is 13.8 Å². The van der Waals surface area contributed by atoms with Gasteiger partial charge in [-0.2, -0.15) is 4.68 Å². The number of nitrogens with zero attached hydrogens (tertiary/aromatic N) is 5. The van der Waals surface area contributed by atoms with Crippen molar-refractivity contribution in [3.8, 4) is 0 Å². The molecule has 0 aliphatic carbocycles. The molecule has 136 valence electrons. The summed E-state index contributed by atoms with van der Waals surface area (Å²) in [5.41, 5.74) is 5.01. The highest BCUT2D eigenvalue weighted by molar-refractivity contribution is 6.06. The Morgan fingerprint density at radius 3 is 2.81 bits per heavy atom. The molecule has 3 heterocycles. The van der Waals surface area contributed by atoms with Crippen molar-refractivity contribution in [2.24, 2.45) is 0 Å². The van der Waals surface area contributed by atoms with Gasteiger partial charge in [0.05, 0.1) is 5.57 Å². The van der Waals surface area contributed by atoms with Crippen LogP contribution in [0.25, 0.3) is 0 Å². The minimum Gasteiger partial charge on any atom is -0.326 e. The van der Waals surface area contributed by atoms with E-state index < -0.39 is 6.04 Å². The molecule has 0 fully saturated rings. The van der Waals surface area contributed by atoms with Gasteiger partial charge in [0.15, 0.2) is 0 Å². The first-order chi connectivity index (χ1) is 13.0. The van der Waals surface area contributed by atoms with Crippen molar-refractivity contribution in [2.75, 3.05) is 10.6 Å². The Hall–Kier alpha value is -3.55. The van der Waals surface area contributed by atoms with E-state index in [1.54, 1.807) is 17.1 Å². The number of hydrogen-bond donors (Lipinski definition) is 2. The number of pyridine rings is 1. The zero-order valence-electron chi connectivity index (χ0n) is 15.3. The van der Waals surface area contributed by atoms with Gasteiger partial charge in [-0.3, -0.25) is 9.78 Å². The number of fused-ring (bicyclic) bond motifs is 1. The van der Waals surface area contributed by atoms with Crippen molar-refractivity contribution >= 4 is 17.5 Å². The molecule has 0 unspecified atom stereocenters. The zero-order chi connectivity index (χ0) is 19.0. The third kappa shape index (κ3) is 3.05. The minimum atomic E-state index is -0.462. The molecular weight excluding hydrogens is 342 g/mol. The Labute approximate surface area is 156 Å². The highest BCUT2D eigenvalue weighted by atomic mass is 16.1. The van der Waals surface area contributed by atoms with Crippen LogP contribution in [-0.2, 0) is 4.79 Å². The summed E-state index contributed by atoms with van der Waals surface area (Å²) in [6.45, 7) is 5.84. The summed E-state index contributed by atoms with van der Waals surface area (Å²) >= 11 is 0. The van der Waals surface area contributed by atoms with Gasteiger partial charge >= 0.3 is 0 Å². The number of rotatable bonds is 3. The fraction of sp³-hybridized carbons (Fsp3) is 0.211. The molecule has 0 radical (unpaired) electrons. The van der Waals surface area contributed by atoms with Gasteiger partial charge in [-0.05, 0) is 54.5 Å². The first-order valence-electron chi connectivity index (χ1n) is 8.59. The van der Waals surface area contributed by atoms with E-state index in [0.717, 1.165) is 22.4 Å². The number of amides is 1. The van der Waals surface area contributed by atoms with Crippen LogP contribution in [0.15, 0.2) is 54.0 Å². The summed E-state index contributed by atoms with van der Waals surface area (Å²) in [5, 5.41) is 17.9. The minimum absolute atomic E-state index is 0.207. The fourth-order valence-corrected chi connectivity index (χ4v) is 3.30. The monoisotopic (exact) mass is 361 g/mol. The first-order valence-corrected chi connectivity index (χ1v) is 8.59. The molecule has 8 nitrogen and oxygen atoms in total. The summed E-state index contributed by atoms with van der Waals surface area (Å²) in [6.07, 6.45) is 3.41. The van der Waals surface area contributed by atoms with Gasteiger partial charge in [0.1, 0.15) is 6.04 Å². The van der Waals surface area contributed by atoms with Crippen molar-refractivity contribution in [1.29, 1.82) is 0 Å². The molecule has 0 spiro atoms. The number of hydrogen-bond acceptors (Lipinski definition) is 6. The Morgan fingerprint density at radius 1 is 1.22 bits per heavy atom. The van der Waals surface area contributed by atoms with E-state index in [9.17, 15) is 4.79 Å². The van der Waals surface area contributed by atoms with Gasteiger partial charge < -0.3 is 10.6 Å². The smallest absolute Gasteiger partial charge is 0.255 e. The largest absolute Gasteiger partial charge is 0.326 e. The van der Waals surface area contributed by atoms with Crippen LogP contribution < -0.4 is 10.6 Å². The Bertz CT molecular complexity index is 1040. The van der Waals surface area contributed by atoms with E-state index in [-0.39, 0.29) is 5.91 Å². The fourth-order valence-electron chi connectivity index (χ4n) is 3.30. The second-order valence-corrected chi connectivity index (χ2v) is 6.57. The van der Waals surface area contributed by atoms with Crippen molar-refractivity contribution in [3.05, 3.63) is 70.7 Å². The number of carbonyl (C=O) groups is 1. The number of aryl methyl sites for hydroxylation is 2. The van der Waals surface area contributed by atoms with E-state index in [2.05, 4.69) is 31.1 Å². The molecule has 1 aliphatic rings. The van der Waals surface area contributed by atoms with Gasteiger partial charge in [0.2, 0.25) is 5.95 Å². The van der Waals surface area contributed by atoms with E-state index >= 15 is 0 Å². The average Bonchev–Trinajstić information content (AvgIpc) is 3.11. The van der Waals surface area contributed by atoms with E-state index in [0.29, 0.717) is 17.2 Å². The Morgan fingerprint density at radius 2 is 2.07 bits per heavy atom. The molecule has 8 heteroatoms. The Kier molecular flexibility index (Phi) is 4.15. The molecule has 2 N–H and O–H groups in total. The number of nitrogens with one attached hydrogen (secondary N) is 2. The van der Waals surface area contributed by atoms with Gasteiger partial charge in [-0.15, -0.1) is 0 Å². The summed E-state index contributed by atoms with van der Waals surface area (Å²) in [7, 11) is 0. The van der Waals surface area contributed by atoms with Gasteiger partial charge in [0.25, 0.3) is 5.91 Å². The third-order valence-corrected chi connectivity index (χ3v) is 4.59. The Balaban J connectivity index is 1.75. The van der Waals surface area contributed by atoms with Crippen molar-refractivity contribution in [1.82, 2.24) is 25.2 Å². The lowest BCUT2D eigenvalue weighted by Gasteiger charge is -2.27. The van der Waals surface area contributed by atoms with Crippen molar-refractivity contribution in [3.63, 3.8) is 0 Å². The lowest BCUT2D eigenvalue weighted by Crippen LogP contribution is -2.31. The van der Waals surface area contributed by atoms with Crippen LogP contribution in [0.5, 0.6) is 0 Å². The molecule has 1 amide bonds. The number of benzene rings is 1. The van der Waals surface area contributed by atoms with Crippen LogP contribution in [0.1, 0.15) is 29.7 Å². The van der Waals surface area contributed by atoms with Gasteiger partial charge in [-0.25, -0.2) is 0 Å². The molecule has 0 saturated heterocycles. The first kappa shape index (κ1) is 16.9. The van der Waals surface area contributed by atoms with Crippen molar-refractivity contribution in [2.45, 2.75) is 26.8 Å². The van der Waals surface area contributed by atoms with Gasteiger partial charge in [0, 0.05) is 23.8 Å². The highest BCUT2D eigenvalue weighted by Crippen LogP contribution is 2.34. The molecule has 3 aromatic rings. The van der Waals surface area contributed by atoms with E-state index in [1.165, 1.54) is 0 Å². The summed E-state index contributed by atoms with van der Waals surface area (Å²) in [4.78, 5) is 17.4. The predicted molar refractivity (Wildman–Crippen MR) is 101 cm³/mol. The maximum Gasteiger partial charge on any atom is 0.255 e. The number of carbonyl (C=O) groups excluding carboxylic acids is 1. The molecular formula is C19H19N7O. The van der Waals surface area contributed by atoms with E-state index in [4.69, 9.17) is 0 Å². The van der Waals surface area contributed by atoms with Crippen LogP contribution in [0.3, 0.4) is 0 Å². The maximum atomic E-state index is 13.2. The summed E-state index contributed by atoms with van der Waals surface area (Å²) in [5.74, 6) is 0.284. The SMILES string of the molecule is CC1=C(C(=O)Nc2ccc(C)cc2C)[C@H](c2cccnc2)n2nnnc2N1. The van der Waals surface area contributed by atoms with Crippen LogP contribution in [-0.4, -0.2) is 31.1 Å². The molecule has 0 saturated carbocycles. The molecule has 4 rings (SSSR count). The molecule has 2 aromatic heterocycles.